The number of nitrogens with one attached hydrogen (secondary N) is 1. The van der Waals surface area contributed by atoms with Crippen LogP contribution in [0.3, 0.4) is 0 Å². The van der Waals surface area contributed by atoms with E-state index in [-0.39, 0.29) is 11.8 Å². The first-order valence-corrected chi connectivity index (χ1v) is 7.80. The number of aromatic nitrogens is 1. The van der Waals surface area contributed by atoms with Crippen molar-refractivity contribution >= 4 is 11.6 Å². The van der Waals surface area contributed by atoms with Crippen LogP contribution in [0.5, 0.6) is 0 Å². The van der Waals surface area contributed by atoms with Gasteiger partial charge in [0, 0.05) is 23.4 Å². The zero-order valence-corrected chi connectivity index (χ0v) is 12.5. The molecular weight excluding hydrogens is 274 g/mol. The molecule has 0 saturated heterocycles. The Kier molecular flexibility index (Phi) is 4.49. The maximum Gasteiger partial charge on any atom is 0.227 e. The van der Waals surface area contributed by atoms with Gasteiger partial charge in [-0.1, -0.05) is 36.8 Å². The van der Waals surface area contributed by atoms with Gasteiger partial charge >= 0.3 is 0 Å². The molecule has 0 radical (unpaired) electrons. The minimum atomic E-state index is 0.0401. The number of nitrogens with two attached hydrogens (primary N) is 1. The lowest BCUT2D eigenvalue weighted by Crippen LogP contribution is -2.29. The van der Waals surface area contributed by atoms with Crippen LogP contribution in [0.1, 0.15) is 19.3 Å². The predicted molar refractivity (Wildman–Crippen MR) is 88.2 cm³/mol. The third-order valence-corrected chi connectivity index (χ3v) is 4.40. The van der Waals surface area contributed by atoms with E-state index in [4.69, 9.17) is 5.73 Å². The molecule has 3 N–H and O–H groups in total. The number of pyridine rings is 1. The Balaban J connectivity index is 1.74. The second-order valence-electron chi connectivity index (χ2n) is 5.82. The van der Waals surface area contributed by atoms with Crippen molar-refractivity contribution in [3.05, 3.63) is 48.7 Å². The lowest BCUT2D eigenvalue weighted by Gasteiger charge is -2.17. The molecule has 0 unspecified atom stereocenters. The van der Waals surface area contributed by atoms with E-state index in [1.54, 1.807) is 6.20 Å². The van der Waals surface area contributed by atoms with Crippen LogP contribution in [-0.2, 0) is 4.79 Å². The monoisotopic (exact) mass is 295 g/mol. The number of rotatable bonds is 4. The summed E-state index contributed by atoms with van der Waals surface area (Å²) in [7, 11) is 0. The van der Waals surface area contributed by atoms with Crippen LogP contribution >= 0.6 is 0 Å². The van der Waals surface area contributed by atoms with Crippen molar-refractivity contribution in [3.8, 4) is 11.3 Å². The van der Waals surface area contributed by atoms with E-state index in [1.165, 1.54) is 0 Å². The zero-order valence-electron chi connectivity index (χ0n) is 12.5. The summed E-state index contributed by atoms with van der Waals surface area (Å²) in [6, 6.07) is 13.7. The highest BCUT2D eigenvalue weighted by atomic mass is 16.1. The second kappa shape index (κ2) is 6.71. The van der Waals surface area contributed by atoms with Crippen molar-refractivity contribution in [1.29, 1.82) is 0 Å². The maximum absolute atomic E-state index is 12.4. The van der Waals surface area contributed by atoms with E-state index in [1.807, 2.05) is 42.5 Å². The van der Waals surface area contributed by atoms with Gasteiger partial charge in [-0.2, -0.15) is 0 Å². The summed E-state index contributed by atoms with van der Waals surface area (Å²) in [6.07, 6.45) is 4.81. The van der Waals surface area contributed by atoms with Crippen LogP contribution in [0.4, 0.5) is 5.69 Å². The first-order chi connectivity index (χ1) is 10.8. The van der Waals surface area contributed by atoms with Crippen molar-refractivity contribution in [2.75, 3.05) is 11.9 Å². The minimum Gasteiger partial charge on any atom is -0.330 e. The molecule has 4 nitrogen and oxygen atoms in total. The van der Waals surface area contributed by atoms with Crippen LogP contribution in [0.15, 0.2) is 48.7 Å². The number of amides is 1. The molecule has 1 heterocycles. The average Bonchev–Trinajstić information content (AvgIpc) is 3.05. The van der Waals surface area contributed by atoms with E-state index in [0.29, 0.717) is 12.5 Å². The molecule has 22 heavy (non-hydrogen) atoms. The molecule has 1 aliphatic rings. The quantitative estimate of drug-likeness (QED) is 0.911. The summed E-state index contributed by atoms with van der Waals surface area (Å²) in [6.45, 7) is 0.587. The second-order valence-corrected chi connectivity index (χ2v) is 5.82. The molecule has 2 atom stereocenters. The van der Waals surface area contributed by atoms with Crippen molar-refractivity contribution in [3.63, 3.8) is 0 Å². The van der Waals surface area contributed by atoms with Crippen LogP contribution in [0, 0.1) is 11.8 Å². The first kappa shape index (κ1) is 14.7. The number of nitrogens with zero attached hydrogens (tertiary/aromatic N) is 1. The molecule has 0 spiro atoms. The maximum atomic E-state index is 12.4. The Labute approximate surface area is 130 Å². The van der Waals surface area contributed by atoms with E-state index >= 15 is 0 Å². The summed E-state index contributed by atoms with van der Waals surface area (Å²) in [4.78, 5) is 16.8. The molecule has 1 aromatic carbocycles. The van der Waals surface area contributed by atoms with Crippen LogP contribution in [-0.4, -0.2) is 17.4 Å². The van der Waals surface area contributed by atoms with E-state index < -0.39 is 0 Å². The number of benzene rings is 1. The van der Waals surface area contributed by atoms with Crippen LogP contribution < -0.4 is 11.1 Å². The summed E-state index contributed by atoms with van der Waals surface area (Å²) in [5.41, 5.74) is 8.46. The van der Waals surface area contributed by atoms with Gasteiger partial charge in [-0.3, -0.25) is 9.78 Å². The van der Waals surface area contributed by atoms with Gasteiger partial charge < -0.3 is 11.1 Å². The molecule has 4 heteroatoms. The largest absolute Gasteiger partial charge is 0.330 e. The standard InChI is InChI=1S/C18H21N3O/c19-12-14-7-4-8-16(14)18(22)21-15-9-10-20-17(11-15)13-5-2-1-3-6-13/h1-3,5-6,9-11,14,16H,4,7-8,12,19H2,(H,20,21,22)/t14-,16-/m1/s1. The summed E-state index contributed by atoms with van der Waals surface area (Å²) in [5.74, 6) is 0.437. The highest BCUT2D eigenvalue weighted by Gasteiger charge is 2.31. The Hall–Kier alpha value is -2.20. The molecule has 3 rings (SSSR count). The Morgan fingerprint density at radius 3 is 2.82 bits per heavy atom. The SMILES string of the molecule is NC[C@H]1CCC[C@H]1C(=O)Nc1ccnc(-c2ccccc2)c1. The summed E-state index contributed by atoms with van der Waals surface area (Å²) >= 11 is 0. The predicted octanol–water partition coefficient (Wildman–Crippen LogP) is 3.06. The van der Waals surface area contributed by atoms with Gasteiger partial charge in [0.25, 0.3) is 0 Å². The van der Waals surface area contributed by atoms with E-state index in [2.05, 4.69) is 10.3 Å². The smallest absolute Gasteiger partial charge is 0.227 e. The molecular formula is C18H21N3O. The molecule has 1 saturated carbocycles. The highest BCUT2D eigenvalue weighted by molar-refractivity contribution is 5.93. The fourth-order valence-electron chi connectivity index (χ4n) is 3.17. The van der Waals surface area contributed by atoms with Crippen molar-refractivity contribution < 1.29 is 4.79 Å². The summed E-state index contributed by atoms with van der Waals surface area (Å²) < 4.78 is 0. The lowest BCUT2D eigenvalue weighted by molar-refractivity contribution is -0.120. The summed E-state index contributed by atoms with van der Waals surface area (Å²) in [5, 5.41) is 3.02. The van der Waals surface area contributed by atoms with Gasteiger partial charge in [-0.05, 0) is 37.4 Å². The van der Waals surface area contributed by atoms with Gasteiger partial charge in [0.15, 0.2) is 0 Å². The van der Waals surface area contributed by atoms with Gasteiger partial charge in [0.1, 0.15) is 0 Å². The van der Waals surface area contributed by atoms with Gasteiger partial charge in [-0.25, -0.2) is 0 Å². The number of hydrogen-bond donors (Lipinski definition) is 2. The Morgan fingerprint density at radius 2 is 2.05 bits per heavy atom. The molecule has 1 aromatic heterocycles. The Morgan fingerprint density at radius 1 is 1.23 bits per heavy atom. The topological polar surface area (TPSA) is 68.0 Å². The van der Waals surface area contributed by atoms with Crippen molar-refractivity contribution in [1.82, 2.24) is 4.98 Å². The number of hydrogen-bond acceptors (Lipinski definition) is 3. The van der Waals surface area contributed by atoms with Crippen LogP contribution in [0.25, 0.3) is 11.3 Å². The third kappa shape index (κ3) is 3.17. The molecule has 1 amide bonds. The van der Waals surface area contributed by atoms with Gasteiger partial charge in [0.05, 0.1) is 5.69 Å². The normalized spacial score (nSPS) is 20.8. The third-order valence-electron chi connectivity index (χ3n) is 4.40. The molecule has 0 aliphatic heterocycles. The van der Waals surface area contributed by atoms with Gasteiger partial charge in [-0.15, -0.1) is 0 Å². The van der Waals surface area contributed by atoms with E-state index in [0.717, 1.165) is 36.2 Å². The molecule has 0 bridgehead atoms. The zero-order chi connectivity index (χ0) is 15.4. The van der Waals surface area contributed by atoms with Crippen molar-refractivity contribution in [2.24, 2.45) is 17.6 Å². The highest BCUT2D eigenvalue weighted by Crippen LogP contribution is 2.32. The van der Waals surface area contributed by atoms with Crippen molar-refractivity contribution in [2.45, 2.75) is 19.3 Å². The fourth-order valence-corrected chi connectivity index (χ4v) is 3.17. The number of carbonyl (C=O) groups excluding carboxylic acids is 1. The molecule has 2 aromatic rings. The molecule has 1 fully saturated rings. The fraction of sp³-hybridized carbons (Fsp3) is 0.333. The minimum absolute atomic E-state index is 0.0401. The molecule has 114 valence electrons. The van der Waals surface area contributed by atoms with Crippen LogP contribution in [0.2, 0.25) is 0 Å². The number of anilines is 1. The lowest BCUT2D eigenvalue weighted by atomic mass is 9.95. The number of carbonyl (C=O) groups is 1. The molecule has 1 aliphatic carbocycles. The van der Waals surface area contributed by atoms with Gasteiger partial charge in [0.2, 0.25) is 5.91 Å². The Bertz CT molecular complexity index is 642. The average molecular weight is 295 g/mol. The van der Waals surface area contributed by atoms with E-state index in [9.17, 15) is 4.79 Å². The first-order valence-electron chi connectivity index (χ1n) is 7.80.